The monoisotopic (exact) mass is 536 g/mol. The van der Waals surface area contributed by atoms with E-state index in [2.05, 4.69) is 0 Å². The zero-order chi connectivity index (χ0) is 23.1. The lowest BCUT2D eigenvalue weighted by Crippen LogP contribution is -2.18. The van der Waals surface area contributed by atoms with Crippen molar-refractivity contribution < 1.29 is 19.1 Å². The lowest BCUT2D eigenvalue weighted by Gasteiger charge is -2.16. The second-order valence-electron chi connectivity index (χ2n) is 6.79. The van der Waals surface area contributed by atoms with Gasteiger partial charge in [0.1, 0.15) is 25.4 Å². The van der Waals surface area contributed by atoms with Gasteiger partial charge in [-0.15, -0.1) is 0 Å². The molecule has 158 valence electrons. The molecule has 32 heavy (non-hydrogen) atoms. The van der Waals surface area contributed by atoms with Gasteiger partial charge in [-0.25, -0.2) is 9.59 Å². The number of carbonyl (C=O) groups excluding carboxylic acids is 2. The quantitative estimate of drug-likeness (QED) is 0.323. The van der Waals surface area contributed by atoms with E-state index in [-0.39, 0.29) is 35.5 Å². The van der Waals surface area contributed by atoms with Crippen LogP contribution in [0.15, 0.2) is 60.7 Å². The number of carbonyl (C=O) groups is 2. The molecule has 0 N–H and O–H groups in total. The molecule has 0 radical (unpaired) electrons. The molecule has 0 saturated carbocycles. The van der Waals surface area contributed by atoms with Gasteiger partial charge in [-0.3, -0.25) is 0 Å². The highest BCUT2D eigenvalue weighted by Gasteiger charge is 2.29. The van der Waals surface area contributed by atoms with E-state index >= 15 is 0 Å². The molecule has 0 saturated heterocycles. The molecule has 6 nitrogen and oxygen atoms in total. The smallest absolute Gasteiger partial charge is 0.340 e. The zero-order valence-corrected chi connectivity index (χ0v) is 19.3. The third kappa shape index (κ3) is 4.96. The molecular weight excluding hydrogens is 519 g/mol. The van der Waals surface area contributed by atoms with Crippen molar-refractivity contribution in [3.05, 3.63) is 103 Å². The van der Waals surface area contributed by atoms with E-state index in [1.165, 1.54) is 0 Å². The predicted molar refractivity (Wildman–Crippen MR) is 124 cm³/mol. The first-order valence-electron chi connectivity index (χ1n) is 9.56. The standard InChI is InChI=1S/C25H17IN2O4/c1-16-21(24(29)31-14-17-8-4-2-5-9-17)19(12-27)20(13-28)22(23(16)26)25(30)32-15-18-10-6-3-7-11-18/h2-11H,14-15H2,1H3. The van der Waals surface area contributed by atoms with Crippen molar-refractivity contribution in [3.8, 4) is 12.1 Å². The third-order valence-electron chi connectivity index (χ3n) is 4.73. The second kappa shape index (κ2) is 10.6. The Morgan fingerprint density at radius 2 is 1.19 bits per heavy atom. The van der Waals surface area contributed by atoms with Gasteiger partial charge in [0, 0.05) is 3.57 Å². The molecule has 0 aromatic heterocycles. The average molecular weight is 536 g/mol. The van der Waals surface area contributed by atoms with Crippen LogP contribution >= 0.6 is 22.6 Å². The topological polar surface area (TPSA) is 100 Å². The van der Waals surface area contributed by atoms with Crippen LogP contribution in [-0.2, 0) is 22.7 Å². The maximum atomic E-state index is 12.8. The van der Waals surface area contributed by atoms with Crippen LogP contribution in [0.4, 0.5) is 0 Å². The molecule has 0 bridgehead atoms. The summed E-state index contributed by atoms with van der Waals surface area (Å²) in [6, 6.07) is 22.0. The molecular formula is C25H17IN2O4. The molecule has 0 heterocycles. The van der Waals surface area contributed by atoms with Crippen molar-refractivity contribution in [2.24, 2.45) is 0 Å². The first-order valence-corrected chi connectivity index (χ1v) is 10.6. The van der Waals surface area contributed by atoms with E-state index in [1.54, 1.807) is 19.1 Å². The molecule has 0 aliphatic carbocycles. The third-order valence-corrected chi connectivity index (χ3v) is 6.08. The van der Waals surface area contributed by atoms with Crippen molar-refractivity contribution in [2.75, 3.05) is 0 Å². The fourth-order valence-corrected chi connectivity index (χ4v) is 3.87. The Balaban J connectivity index is 1.94. The van der Waals surface area contributed by atoms with Gasteiger partial charge in [0.05, 0.1) is 22.3 Å². The summed E-state index contributed by atoms with van der Waals surface area (Å²) in [4.78, 5) is 25.7. The first-order chi connectivity index (χ1) is 15.5. The van der Waals surface area contributed by atoms with E-state index in [0.29, 0.717) is 9.13 Å². The van der Waals surface area contributed by atoms with Crippen LogP contribution in [-0.4, -0.2) is 11.9 Å². The summed E-state index contributed by atoms with van der Waals surface area (Å²) < 4.78 is 11.1. The van der Waals surface area contributed by atoms with Crippen LogP contribution in [0.5, 0.6) is 0 Å². The number of ether oxygens (including phenoxy) is 2. The van der Waals surface area contributed by atoms with Gasteiger partial charge in [0.15, 0.2) is 0 Å². The summed E-state index contributed by atoms with van der Waals surface area (Å²) in [6.45, 7) is 1.64. The van der Waals surface area contributed by atoms with Gasteiger partial charge in [0.2, 0.25) is 0 Å². The number of benzene rings is 3. The Morgan fingerprint density at radius 1 is 0.781 bits per heavy atom. The van der Waals surface area contributed by atoms with Crippen molar-refractivity contribution in [1.82, 2.24) is 0 Å². The number of hydrogen-bond acceptors (Lipinski definition) is 6. The van der Waals surface area contributed by atoms with Gasteiger partial charge in [-0.2, -0.15) is 10.5 Å². The highest BCUT2D eigenvalue weighted by Crippen LogP contribution is 2.30. The zero-order valence-electron chi connectivity index (χ0n) is 17.1. The van der Waals surface area contributed by atoms with Crippen molar-refractivity contribution >= 4 is 34.5 Å². The number of rotatable bonds is 6. The highest BCUT2D eigenvalue weighted by molar-refractivity contribution is 14.1. The molecule has 0 aliphatic heterocycles. The normalized spacial score (nSPS) is 10.0. The maximum Gasteiger partial charge on any atom is 0.340 e. The van der Waals surface area contributed by atoms with Gasteiger partial charge in [0.25, 0.3) is 0 Å². The number of esters is 2. The average Bonchev–Trinajstić information content (AvgIpc) is 2.83. The fraction of sp³-hybridized carbons (Fsp3) is 0.120. The molecule has 0 fully saturated rings. The molecule has 0 spiro atoms. The molecule has 3 aromatic rings. The predicted octanol–water partition coefficient (Wildman–Crippen LogP) is 5.06. The number of nitriles is 2. The molecule has 0 unspecified atom stereocenters. The van der Waals surface area contributed by atoms with Crippen LogP contribution in [0.1, 0.15) is 48.5 Å². The lowest BCUT2D eigenvalue weighted by molar-refractivity contribution is 0.0456. The van der Waals surface area contributed by atoms with Crippen LogP contribution in [0.25, 0.3) is 0 Å². The summed E-state index contributed by atoms with van der Waals surface area (Å²) in [5, 5.41) is 19.5. The number of halogens is 1. The van der Waals surface area contributed by atoms with Crippen LogP contribution < -0.4 is 0 Å². The fourth-order valence-electron chi connectivity index (χ4n) is 3.11. The van der Waals surface area contributed by atoms with Gasteiger partial charge < -0.3 is 9.47 Å². The van der Waals surface area contributed by atoms with E-state index < -0.39 is 11.9 Å². The summed E-state index contributed by atoms with van der Waals surface area (Å²) in [5.74, 6) is -1.47. The van der Waals surface area contributed by atoms with E-state index in [0.717, 1.165) is 11.1 Å². The minimum absolute atomic E-state index is 0.0163. The largest absolute Gasteiger partial charge is 0.457 e. The van der Waals surface area contributed by atoms with Crippen molar-refractivity contribution in [2.45, 2.75) is 20.1 Å². The van der Waals surface area contributed by atoms with E-state index in [4.69, 9.17) is 9.47 Å². The number of hydrogen-bond donors (Lipinski definition) is 0. The van der Waals surface area contributed by atoms with Crippen LogP contribution in [0.2, 0.25) is 0 Å². The Labute approximate surface area is 199 Å². The minimum atomic E-state index is -0.737. The Kier molecular flexibility index (Phi) is 7.58. The highest BCUT2D eigenvalue weighted by atomic mass is 127. The Morgan fingerprint density at radius 3 is 1.62 bits per heavy atom. The second-order valence-corrected chi connectivity index (χ2v) is 7.86. The first kappa shape index (κ1) is 23.0. The van der Waals surface area contributed by atoms with E-state index in [1.807, 2.05) is 83.3 Å². The van der Waals surface area contributed by atoms with Crippen LogP contribution in [0, 0.1) is 33.2 Å². The molecule has 0 aliphatic rings. The van der Waals surface area contributed by atoms with Gasteiger partial charge in [-0.1, -0.05) is 60.7 Å². The Bertz CT molecular complexity index is 1140. The summed E-state index contributed by atoms with van der Waals surface area (Å²) in [5.41, 5.74) is 1.50. The number of nitrogens with zero attached hydrogens (tertiary/aromatic N) is 2. The van der Waals surface area contributed by atoms with Crippen LogP contribution in [0.3, 0.4) is 0 Å². The minimum Gasteiger partial charge on any atom is -0.457 e. The molecule has 3 aromatic carbocycles. The summed E-state index contributed by atoms with van der Waals surface area (Å²) >= 11 is 1.89. The van der Waals surface area contributed by atoms with Gasteiger partial charge >= 0.3 is 11.9 Å². The maximum absolute atomic E-state index is 12.8. The molecule has 0 amide bonds. The van der Waals surface area contributed by atoms with Crippen molar-refractivity contribution in [3.63, 3.8) is 0 Å². The summed E-state index contributed by atoms with van der Waals surface area (Å²) in [6.07, 6.45) is 0. The van der Waals surface area contributed by atoms with Gasteiger partial charge in [-0.05, 0) is 46.2 Å². The lowest BCUT2D eigenvalue weighted by atomic mass is 9.93. The molecule has 3 rings (SSSR count). The van der Waals surface area contributed by atoms with Crippen molar-refractivity contribution in [1.29, 1.82) is 10.5 Å². The van der Waals surface area contributed by atoms with E-state index in [9.17, 15) is 20.1 Å². The SMILES string of the molecule is Cc1c(I)c(C(=O)OCc2ccccc2)c(C#N)c(C#N)c1C(=O)OCc1ccccc1. The molecule has 0 atom stereocenters. The molecule has 7 heteroatoms. The Hall–Kier alpha value is -3.69. The summed E-state index contributed by atoms with van der Waals surface area (Å²) in [7, 11) is 0.